The van der Waals surface area contributed by atoms with E-state index in [4.69, 9.17) is 9.47 Å². The number of benzene rings is 1. The van der Waals surface area contributed by atoms with Crippen molar-refractivity contribution in [3.8, 4) is 5.75 Å². The van der Waals surface area contributed by atoms with Gasteiger partial charge in [0.05, 0.1) is 13.7 Å². The van der Waals surface area contributed by atoms with Crippen LogP contribution in [0.5, 0.6) is 5.75 Å². The maximum absolute atomic E-state index is 5.66. The molecular weight excluding hydrogens is 333 g/mol. The standard InChI is InChI=1S/C13H19O2.BrH.Zn/c1-10(2)11(3)15-9-12-5-7-13(14-4)8-6-12;;/h5-8,10-11H,1,9H2,2-4H3;1H;/q-1;;. The Bertz CT molecular complexity index is 288. The van der Waals surface area contributed by atoms with Crippen LogP contribution in [0.4, 0.5) is 0 Å². The van der Waals surface area contributed by atoms with Gasteiger partial charge in [-0.15, -0.1) is 22.9 Å². The molecule has 0 saturated carbocycles. The molecule has 0 aliphatic carbocycles. The van der Waals surface area contributed by atoms with Gasteiger partial charge >= 0.3 is 0 Å². The second-order valence-corrected chi connectivity index (χ2v) is 3.84. The van der Waals surface area contributed by atoms with Crippen molar-refractivity contribution < 1.29 is 29.0 Å². The van der Waals surface area contributed by atoms with Crippen LogP contribution in [0.15, 0.2) is 24.3 Å². The minimum Gasteiger partial charge on any atom is -0.497 e. The molecule has 0 fully saturated rings. The van der Waals surface area contributed by atoms with Gasteiger partial charge in [-0.25, -0.2) is 0 Å². The van der Waals surface area contributed by atoms with Crippen LogP contribution >= 0.6 is 17.0 Å². The first kappa shape index (κ1) is 19.4. The molecule has 0 aliphatic rings. The smallest absolute Gasteiger partial charge is 0.118 e. The fourth-order valence-electron chi connectivity index (χ4n) is 1.11. The summed E-state index contributed by atoms with van der Waals surface area (Å²) in [5.74, 6) is 1.18. The molecule has 0 bridgehead atoms. The van der Waals surface area contributed by atoms with Crippen LogP contribution in [0.25, 0.3) is 0 Å². The summed E-state index contributed by atoms with van der Waals surface area (Å²) >= 11 is 0. The topological polar surface area (TPSA) is 18.5 Å². The van der Waals surface area contributed by atoms with Gasteiger partial charge in [0.25, 0.3) is 0 Å². The number of hydrogen-bond donors (Lipinski definition) is 0. The third-order valence-electron chi connectivity index (χ3n) is 2.47. The Kier molecular flexibility index (Phi) is 11.5. The molecule has 0 radical (unpaired) electrons. The molecule has 0 aromatic heterocycles. The fraction of sp³-hybridized carbons (Fsp3) is 0.462. The van der Waals surface area contributed by atoms with E-state index in [1.54, 1.807) is 7.11 Å². The molecule has 4 heteroatoms. The van der Waals surface area contributed by atoms with Gasteiger partial charge in [-0.05, 0) is 24.6 Å². The third-order valence-corrected chi connectivity index (χ3v) is 2.47. The summed E-state index contributed by atoms with van der Waals surface area (Å²) in [6.07, 6.45) is 0.187. The van der Waals surface area contributed by atoms with Crippen molar-refractivity contribution >= 4 is 17.0 Å². The maximum Gasteiger partial charge on any atom is 0.118 e. The van der Waals surface area contributed by atoms with E-state index in [1.165, 1.54) is 0 Å². The normalized spacial score (nSPS) is 12.9. The van der Waals surface area contributed by atoms with Gasteiger partial charge in [0.2, 0.25) is 0 Å². The van der Waals surface area contributed by atoms with Gasteiger partial charge in [0, 0.05) is 25.6 Å². The van der Waals surface area contributed by atoms with Gasteiger partial charge in [-0.3, -0.25) is 0 Å². The van der Waals surface area contributed by atoms with Crippen LogP contribution in [0.1, 0.15) is 19.4 Å². The monoisotopic (exact) mass is 351 g/mol. The molecule has 0 aliphatic heterocycles. The molecule has 0 spiro atoms. The van der Waals surface area contributed by atoms with Crippen LogP contribution < -0.4 is 4.74 Å². The zero-order valence-corrected chi connectivity index (χ0v) is 15.5. The molecular formula is C13H20BrO2Zn-. The SMILES string of the molecule is Br.[CH2-]C(C)C(C)OCc1ccc(OC)cc1.[Zn]. The first-order chi connectivity index (χ1) is 7.13. The molecule has 2 nitrogen and oxygen atoms in total. The summed E-state index contributed by atoms with van der Waals surface area (Å²) in [4.78, 5) is 0. The van der Waals surface area contributed by atoms with E-state index in [0.29, 0.717) is 12.5 Å². The van der Waals surface area contributed by atoms with E-state index in [2.05, 4.69) is 13.8 Å². The summed E-state index contributed by atoms with van der Waals surface area (Å²) < 4.78 is 10.7. The third kappa shape index (κ3) is 7.18. The fourth-order valence-corrected chi connectivity index (χ4v) is 1.11. The minimum atomic E-state index is 0. The van der Waals surface area contributed by atoms with E-state index in [-0.39, 0.29) is 42.6 Å². The van der Waals surface area contributed by atoms with Crippen LogP contribution in [-0.2, 0) is 30.8 Å². The van der Waals surface area contributed by atoms with Crippen molar-refractivity contribution in [2.24, 2.45) is 5.92 Å². The average molecular weight is 354 g/mol. The first-order valence-electron chi connectivity index (χ1n) is 5.21. The Hall–Kier alpha value is 0.0834. The Morgan fingerprint density at radius 3 is 2.12 bits per heavy atom. The molecule has 0 heterocycles. The molecule has 1 rings (SSSR count). The van der Waals surface area contributed by atoms with E-state index in [0.717, 1.165) is 11.3 Å². The van der Waals surface area contributed by atoms with Crippen molar-refractivity contribution in [3.63, 3.8) is 0 Å². The van der Waals surface area contributed by atoms with Gasteiger partial charge in [-0.2, -0.15) is 0 Å². The Labute approximate surface area is 128 Å². The summed E-state index contributed by atoms with van der Waals surface area (Å²) in [6, 6.07) is 7.91. The van der Waals surface area contributed by atoms with Crippen molar-refractivity contribution in [2.75, 3.05) is 7.11 Å². The maximum atomic E-state index is 5.66. The molecule has 0 N–H and O–H groups in total. The summed E-state index contributed by atoms with van der Waals surface area (Å²) in [5.41, 5.74) is 1.16. The molecule has 2 atom stereocenters. The molecule has 0 saturated heterocycles. The second kappa shape index (κ2) is 10.0. The van der Waals surface area contributed by atoms with Crippen LogP contribution in [0, 0.1) is 12.8 Å². The van der Waals surface area contributed by atoms with Gasteiger partial charge in [-0.1, -0.05) is 19.1 Å². The molecule has 94 valence electrons. The van der Waals surface area contributed by atoms with Gasteiger partial charge < -0.3 is 16.4 Å². The van der Waals surface area contributed by atoms with Crippen molar-refractivity contribution in [1.29, 1.82) is 0 Å². The van der Waals surface area contributed by atoms with Crippen molar-refractivity contribution in [2.45, 2.75) is 26.6 Å². The number of hydrogen-bond acceptors (Lipinski definition) is 2. The van der Waals surface area contributed by atoms with E-state index < -0.39 is 0 Å². The minimum absolute atomic E-state index is 0. The quantitative estimate of drug-likeness (QED) is 0.594. The predicted molar refractivity (Wildman–Crippen MR) is 72.1 cm³/mol. The molecule has 2 unspecified atom stereocenters. The van der Waals surface area contributed by atoms with Crippen molar-refractivity contribution in [3.05, 3.63) is 36.8 Å². The molecule has 17 heavy (non-hydrogen) atoms. The zero-order valence-electron chi connectivity index (χ0n) is 10.8. The Morgan fingerprint density at radius 1 is 1.18 bits per heavy atom. The Balaban J connectivity index is 0. The largest absolute Gasteiger partial charge is 0.497 e. The number of halogens is 1. The van der Waals surface area contributed by atoms with E-state index >= 15 is 0 Å². The number of rotatable bonds is 5. The van der Waals surface area contributed by atoms with E-state index in [9.17, 15) is 0 Å². The van der Waals surface area contributed by atoms with Gasteiger partial charge in [0.1, 0.15) is 5.75 Å². The van der Waals surface area contributed by atoms with Crippen LogP contribution in [0.3, 0.4) is 0 Å². The van der Waals surface area contributed by atoms with E-state index in [1.807, 2.05) is 31.2 Å². The van der Waals surface area contributed by atoms with Crippen LogP contribution in [0.2, 0.25) is 0 Å². The van der Waals surface area contributed by atoms with Crippen molar-refractivity contribution in [1.82, 2.24) is 0 Å². The number of ether oxygens (including phenoxy) is 2. The predicted octanol–water partition coefficient (Wildman–Crippen LogP) is 3.65. The first-order valence-corrected chi connectivity index (χ1v) is 5.21. The summed E-state index contributed by atoms with van der Waals surface area (Å²) in [7, 11) is 1.66. The van der Waals surface area contributed by atoms with Gasteiger partial charge in [0.15, 0.2) is 0 Å². The average Bonchev–Trinajstić information content (AvgIpc) is 2.26. The Morgan fingerprint density at radius 2 is 1.71 bits per heavy atom. The summed E-state index contributed by atoms with van der Waals surface area (Å²) in [6.45, 7) is 8.66. The number of methoxy groups -OCH3 is 1. The molecule has 0 amide bonds. The molecule has 1 aromatic carbocycles. The zero-order chi connectivity index (χ0) is 11.3. The summed E-state index contributed by atoms with van der Waals surface area (Å²) in [5, 5.41) is 0. The van der Waals surface area contributed by atoms with Crippen LogP contribution in [-0.4, -0.2) is 13.2 Å². The molecule has 1 aromatic rings. The second-order valence-electron chi connectivity index (χ2n) is 3.84.